The highest BCUT2D eigenvalue weighted by Crippen LogP contribution is 2.21. The smallest absolute Gasteiger partial charge is 0.251 e. The fourth-order valence-electron chi connectivity index (χ4n) is 3.19. The first kappa shape index (κ1) is 23.3. The molecule has 0 radical (unpaired) electrons. The Bertz CT molecular complexity index is 1080. The maximum Gasteiger partial charge on any atom is 0.251 e. The number of nitrogens with one attached hydrogen (secondary N) is 1. The first-order valence-corrected chi connectivity index (χ1v) is 11.5. The molecule has 2 amide bonds. The maximum absolute atomic E-state index is 13.4. The molecule has 0 saturated carbocycles. The Morgan fingerprint density at radius 3 is 2.66 bits per heavy atom. The molecule has 166 valence electrons. The molecule has 3 aromatic rings. The number of benzene rings is 2. The Balaban J connectivity index is 1.86. The van der Waals surface area contributed by atoms with Crippen molar-refractivity contribution in [3.05, 3.63) is 89.8 Å². The average molecular weight is 453 g/mol. The zero-order valence-electron chi connectivity index (χ0n) is 17.7. The van der Waals surface area contributed by atoms with Crippen LogP contribution in [-0.2, 0) is 11.3 Å². The van der Waals surface area contributed by atoms with Crippen LogP contribution < -0.4 is 11.1 Å². The minimum atomic E-state index is -0.717. The standard InChI is InChI=1S/C24H25FN4O2S/c1-32-12-9-22(23(26)30)28-24(31)19-4-2-3-17(13-19)14-20(15-29-11-10-27-16-29)18-5-7-21(25)8-6-18/h2-8,10-11,13-14,16,22H,9,12,15H2,1H3,(H2,26,30)(H,28,31)/t22-/m0/s1. The molecule has 1 aromatic heterocycles. The third kappa shape index (κ3) is 6.55. The van der Waals surface area contributed by atoms with E-state index in [0.29, 0.717) is 24.3 Å². The van der Waals surface area contributed by atoms with E-state index in [1.165, 1.54) is 12.1 Å². The van der Waals surface area contributed by atoms with E-state index in [4.69, 9.17) is 5.73 Å². The number of rotatable bonds is 10. The quantitative estimate of drug-likeness (QED) is 0.460. The van der Waals surface area contributed by atoms with Gasteiger partial charge in [0.25, 0.3) is 5.91 Å². The predicted octanol–water partition coefficient (Wildman–Crippen LogP) is 3.60. The van der Waals surface area contributed by atoms with E-state index in [1.807, 2.05) is 29.2 Å². The van der Waals surface area contributed by atoms with Crippen LogP contribution >= 0.6 is 11.8 Å². The van der Waals surface area contributed by atoms with Gasteiger partial charge in [0.05, 0.1) is 6.33 Å². The van der Waals surface area contributed by atoms with Gasteiger partial charge in [0, 0.05) is 24.5 Å². The molecule has 0 unspecified atom stereocenters. The fourth-order valence-corrected chi connectivity index (χ4v) is 3.67. The van der Waals surface area contributed by atoms with E-state index >= 15 is 0 Å². The second kappa shape index (κ2) is 11.3. The highest BCUT2D eigenvalue weighted by atomic mass is 32.2. The van der Waals surface area contributed by atoms with E-state index in [9.17, 15) is 14.0 Å². The Labute approximate surface area is 190 Å². The van der Waals surface area contributed by atoms with Crippen molar-refractivity contribution < 1.29 is 14.0 Å². The number of thioether (sulfide) groups is 1. The number of imidazole rings is 1. The van der Waals surface area contributed by atoms with Crippen molar-refractivity contribution in [2.45, 2.75) is 19.0 Å². The number of nitrogens with zero attached hydrogens (tertiary/aromatic N) is 2. The lowest BCUT2D eigenvalue weighted by Crippen LogP contribution is -2.44. The van der Waals surface area contributed by atoms with Gasteiger partial charge in [-0.15, -0.1) is 0 Å². The molecule has 1 atom stereocenters. The van der Waals surface area contributed by atoms with Crippen molar-refractivity contribution in [2.75, 3.05) is 12.0 Å². The van der Waals surface area contributed by atoms with Crippen molar-refractivity contribution in [1.82, 2.24) is 14.9 Å². The summed E-state index contributed by atoms with van der Waals surface area (Å²) in [7, 11) is 0. The highest BCUT2D eigenvalue weighted by Gasteiger charge is 2.18. The van der Waals surface area contributed by atoms with Gasteiger partial charge in [-0.05, 0) is 65.5 Å². The molecule has 0 fully saturated rings. The summed E-state index contributed by atoms with van der Waals surface area (Å²) in [6, 6.07) is 12.7. The highest BCUT2D eigenvalue weighted by molar-refractivity contribution is 7.98. The van der Waals surface area contributed by atoms with Crippen LogP contribution in [0.5, 0.6) is 0 Å². The van der Waals surface area contributed by atoms with Gasteiger partial charge in [0.15, 0.2) is 0 Å². The molecular weight excluding hydrogens is 427 g/mol. The maximum atomic E-state index is 13.4. The van der Waals surface area contributed by atoms with Gasteiger partial charge in [0.2, 0.25) is 5.91 Å². The summed E-state index contributed by atoms with van der Waals surface area (Å²) in [5.74, 6) is -0.503. The zero-order valence-corrected chi connectivity index (χ0v) is 18.5. The molecular formula is C24H25FN4O2S. The number of primary amides is 1. The Morgan fingerprint density at radius 2 is 2.00 bits per heavy atom. The van der Waals surface area contributed by atoms with Gasteiger partial charge in [-0.1, -0.05) is 24.3 Å². The van der Waals surface area contributed by atoms with Crippen molar-refractivity contribution in [2.24, 2.45) is 5.73 Å². The zero-order chi connectivity index (χ0) is 22.9. The Kier molecular flexibility index (Phi) is 8.21. The second-order valence-electron chi connectivity index (χ2n) is 7.25. The van der Waals surface area contributed by atoms with Crippen LogP contribution in [0.15, 0.2) is 67.3 Å². The molecule has 0 aliphatic heterocycles. The van der Waals surface area contributed by atoms with E-state index in [2.05, 4.69) is 10.3 Å². The molecule has 6 nitrogen and oxygen atoms in total. The van der Waals surface area contributed by atoms with Crippen molar-refractivity contribution in [1.29, 1.82) is 0 Å². The fraction of sp³-hybridized carbons (Fsp3) is 0.208. The molecule has 0 aliphatic carbocycles. The van der Waals surface area contributed by atoms with Gasteiger partial charge < -0.3 is 15.6 Å². The first-order valence-electron chi connectivity index (χ1n) is 10.1. The molecule has 0 aliphatic rings. The van der Waals surface area contributed by atoms with Crippen LogP contribution in [0.1, 0.15) is 27.9 Å². The summed E-state index contributed by atoms with van der Waals surface area (Å²) in [6.07, 6.45) is 9.60. The molecule has 3 N–H and O–H groups in total. The van der Waals surface area contributed by atoms with Crippen LogP contribution in [0.2, 0.25) is 0 Å². The van der Waals surface area contributed by atoms with Crippen LogP contribution in [0.3, 0.4) is 0 Å². The molecule has 2 aromatic carbocycles. The van der Waals surface area contributed by atoms with Crippen molar-refractivity contribution in [3.8, 4) is 0 Å². The van der Waals surface area contributed by atoms with Crippen LogP contribution in [0.4, 0.5) is 4.39 Å². The number of nitrogens with two attached hydrogens (primary N) is 1. The predicted molar refractivity (Wildman–Crippen MR) is 126 cm³/mol. The number of carbonyl (C=O) groups excluding carboxylic acids is 2. The van der Waals surface area contributed by atoms with E-state index in [1.54, 1.807) is 54.6 Å². The third-order valence-electron chi connectivity index (χ3n) is 4.88. The lowest BCUT2D eigenvalue weighted by molar-refractivity contribution is -0.119. The summed E-state index contributed by atoms with van der Waals surface area (Å²) in [4.78, 5) is 28.5. The topological polar surface area (TPSA) is 90.0 Å². The number of halogens is 1. The van der Waals surface area contributed by atoms with Gasteiger partial charge in [0.1, 0.15) is 11.9 Å². The van der Waals surface area contributed by atoms with E-state index in [-0.39, 0.29) is 11.7 Å². The number of carbonyl (C=O) groups is 2. The van der Waals surface area contributed by atoms with Crippen LogP contribution in [0.25, 0.3) is 11.6 Å². The third-order valence-corrected chi connectivity index (χ3v) is 5.52. The lowest BCUT2D eigenvalue weighted by atomic mass is 10.0. The molecule has 1 heterocycles. The number of allylic oxidation sites excluding steroid dienone is 1. The number of aromatic nitrogens is 2. The molecule has 0 saturated heterocycles. The summed E-state index contributed by atoms with van der Waals surface area (Å²) >= 11 is 1.58. The van der Waals surface area contributed by atoms with Crippen LogP contribution in [-0.4, -0.2) is 39.4 Å². The molecule has 8 heteroatoms. The van der Waals surface area contributed by atoms with Crippen LogP contribution in [0, 0.1) is 5.82 Å². The number of hydrogen-bond donors (Lipinski definition) is 2. The largest absolute Gasteiger partial charge is 0.368 e. The minimum absolute atomic E-state index is 0.306. The number of amides is 2. The Morgan fingerprint density at radius 1 is 1.22 bits per heavy atom. The second-order valence-corrected chi connectivity index (χ2v) is 8.23. The van der Waals surface area contributed by atoms with Gasteiger partial charge >= 0.3 is 0 Å². The summed E-state index contributed by atoms with van der Waals surface area (Å²) < 4.78 is 15.3. The number of hydrogen-bond acceptors (Lipinski definition) is 4. The van der Waals surface area contributed by atoms with E-state index < -0.39 is 11.9 Å². The van der Waals surface area contributed by atoms with Gasteiger partial charge in [-0.2, -0.15) is 11.8 Å². The SMILES string of the molecule is CSCC[C@H](NC(=O)c1cccc(C=C(Cn2ccnc2)c2ccc(F)cc2)c1)C(N)=O. The molecule has 32 heavy (non-hydrogen) atoms. The van der Waals surface area contributed by atoms with Crippen molar-refractivity contribution >= 4 is 35.2 Å². The van der Waals surface area contributed by atoms with Crippen molar-refractivity contribution in [3.63, 3.8) is 0 Å². The van der Waals surface area contributed by atoms with E-state index in [0.717, 1.165) is 16.7 Å². The minimum Gasteiger partial charge on any atom is -0.368 e. The molecule has 0 bridgehead atoms. The van der Waals surface area contributed by atoms with Gasteiger partial charge in [-0.3, -0.25) is 9.59 Å². The molecule has 0 spiro atoms. The summed E-state index contributed by atoms with van der Waals surface area (Å²) in [5.41, 5.74) is 8.45. The van der Waals surface area contributed by atoms with Gasteiger partial charge in [-0.25, -0.2) is 9.37 Å². The normalized spacial score (nSPS) is 12.4. The Hall–Kier alpha value is -3.39. The molecule has 3 rings (SSSR count). The average Bonchev–Trinajstić information content (AvgIpc) is 3.30. The lowest BCUT2D eigenvalue weighted by Gasteiger charge is -2.15. The first-order chi connectivity index (χ1) is 15.5. The summed E-state index contributed by atoms with van der Waals surface area (Å²) in [6.45, 7) is 0.528. The summed E-state index contributed by atoms with van der Waals surface area (Å²) in [5, 5.41) is 2.72. The monoisotopic (exact) mass is 452 g/mol.